The summed E-state index contributed by atoms with van der Waals surface area (Å²) in [6.45, 7) is 0. The normalized spacial score (nSPS) is 10.4. The molecule has 0 saturated carbocycles. The molecule has 1 heterocycles. The lowest BCUT2D eigenvalue weighted by Crippen LogP contribution is -2.00. The number of carbonyl (C=O) groups excluding carboxylic acids is 1. The Morgan fingerprint density at radius 2 is 1.56 bits per heavy atom. The molecule has 0 aliphatic heterocycles. The molecule has 1 aromatic heterocycles. The van der Waals surface area contributed by atoms with Crippen molar-refractivity contribution in [1.82, 2.24) is 4.98 Å². The van der Waals surface area contributed by atoms with Crippen LogP contribution in [0.5, 0.6) is 17.4 Å². The van der Waals surface area contributed by atoms with Crippen molar-refractivity contribution in [2.24, 2.45) is 0 Å². The number of ether oxygens (including phenoxy) is 4. The highest BCUT2D eigenvalue weighted by Gasteiger charge is 2.25. The van der Waals surface area contributed by atoms with Crippen LogP contribution in [0.2, 0.25) is 0 Å². The van der Waals surface area contributed by atoms with Crippen LogP contribution in [0.3, 0.4) is 0 Å². The lowest BCUT2D eigenvalue weighted by Gasteiger charge is -2.15. The Morgan fingerprint density at radius 3 is 2.21 bits per heavy atom. The zero-order valence-electron chi connectivity index (χ0n) is 19.2. The van der Waals surface area contributed by atoms with Gasteiger partial charge in [0.1, 0.15) is 23.1 Å². The summed E-state index contributed by atoms with van der Waals surface area (Å²) in [5.74, 6) is 0.883. The largest absolute Gasteiger partial charge is 0.497 e. The number of rotatable bonds is 6. The lowest BCUT2D eigenvalue weighted by atomic mass is 9.97. The Bertz CT molecular complexity index is 1390. The van der Waals surface area contributed by atoms with Crippen molar-refractivity contribution in [2.45, 2.75) is 0 Å². The second kappa shape index (κ2) is 9.51. The maximum Gasteiger partial charge on any atom is 0.338 e. The number of fused-ring (bicyclic) bond motifs is 1. The zero-order chi connectivity index (χ0) is 24.2. The van der Waals surface area contributed by atoms with E-state index in [2.05, 4.69) is 11.1 Å². The standard InChI is InChI=1S/C27H22N2O5/c1-31-16-10-11-25(32-2)21(12-16)19-14-24(29-26(33-3)23(19)15-28)20-13-22(27(30)34-4)18-9-7-5-6-8-17(18)20/h5-14H,1-4H3. The molecule has 2 aliphatic rings. The van der Waals surface area contributed by atoms with Crippen molar-refractivity contribution in [3.05, 3.63) is 71.8 Å². The van der Waals surface area contributed by atoms with Crippen molar-refractivity contribution in [1.29, 1.82) is 5.26 Å². The second-order valence-electron chi connectivity index (χ2n) is 7.32. The van der Waals surface area contributed by atoms with E-state index in [1.54, 1.807) is 44.6 Å². The molecule has 7 nitrogen and oxygen atoms in total. The fourth-order valence-corrected chi connectivity index (χ4v) is 3.96. The Labute approximate surface area is 197 Å². The number of nitrogens with zero attached hydrogens (tertiary/aromatic N) is 2. The summed E-state index contributed by atoms with van der Waals surface area (Å²) >= 11 is 0. The van der Waals surface area contributed by atoms with Crippen molar-refractivity contribution in [3.63, 3.8) is 0 Å². The van der Waals surface area contributed by atoms with E-state index in [1.165, 1.54) is 14.2 Å². The van der Waals surface area contributed by atoms with Gasteiger partial charge in [0.05, 0.1) is 39.7 Å². The molecule has 1 aromatic carbocycles. The Kier molecular flexibility index (Phi) is 6.33. The van der Waals surface area contributed by atoms with Gasteiger partial charge in [-0.15, -0.1) is 0 Å². The molecule has 0 spiro atoms. The summed E-state index contributed by atoms with van der Waals surface area (Å²) in [4.78, 5) is 17.1. The average molecular weight is 454 g/mol. The minimum atomic E-state index is -0.447. The molecule has 34 heavy (non-hydrogen) atoms. The fourth-order valence-electron chi connectivity index (χ4n) is 3.96. The van der Waals surface area contributed by atoms with Gasteiger partial charge in [-0.25, -0.2) is 9.78 Å². The van der Waals surface area contributed by atoms with E-state index >= 15 is 0 Å². The minimum absolute atomic E-state index is 0.161. The van der Waals surface area contributed by atoms with Crippen LogP contribution < -0.4 is 14.2 Å². The average Bonchev–Trinajstić information content (AvgIpc) is 3.07. The van der Waals surface area contributed by atoms with Crippen LogP contribution in [0.15, 0.2) is 60.7 Å². The van der Waals surface area contributed by atoms with Crippen LogP contribution in [0.1, 0.15) is 15.9 Å². The minimum Gasteiger partial charge on any atom is -0.497 e. The van der Waals surface area contributed by atoms with E-state index in [1.807, 2.05) is 30.3 Å². The molecular weight excluding hydrogens is 432 g/mol. The molecule has 4 rings (SSSR count). The number of carbonyl (C=O) groups is 1. The van der Waals surface area contributed by atoms with Gasteiger partial charge in [-0.1, -0.05) is 30.3 Å². The van der Waals surface area contributed by atoms with Crippen molar-refractivity contribution < 1.29 is 23.7 Å². The molecule has 0 radical (unpaired) electrons. The predicted molar refractivity (Wildman–Crippen MR) is 127 cm³/mol. The second-order valence-corrected chi connectivity index (χ2v) is 7.32. The first-order valence-corrected chi connectivity index (χ1v) is 10.4. The highest BCUT2D eigenvalue weighted by atomic mass is 16.5. The van der Waals surface area contributed by atoms with Crippen LogP contribution in [-0.4, -0.2) is 39.4 Å². The van der Waals surface area contributed by atoms with Crippen molar-refractivity contribution in [3.8, 4) is 57.0 Å². The number of esters is 1. The van der Waals surface area contributed by atoms with Crippen LogP contribution >= 0.6 is 0 Å². The van der Waals surface area contributed by atoms with Gasteiger partial charge < -0.3 is 18.9 Å². The Hall–Kier alpha value is -4.57. The number of hydrogen-bond acceptors (Lipinski definition) is 7. The molecule has 7 heteroatoms. The number of hydrogen-bond donors (Lipinski definition) is 0. The SMILES string of the molecule is COC(=O)c1cc(-c2cc(-c3cc(OC)ccc3OC)c(C#N)c(OC)n2)c2cccccc1-2. The first-order chi connectivity index (χ1) is 16.6. The molecule has 170 valence electrons. The monoisotopic (exact) mass is 454 g/mol. The summed E-state index contributed by atoms with van der Waals surface area (Å²) < 4.78 is 21.5. The Balaban J connectivity index is 2.05. The van der Waals surface area contributed by atoms with Gasteiger partial charge in [0, 0.05) is 16.7 Å². The lowest BCUT2D eigenvalue weighted by molar-refractivity contribution is 0.0602. The molecule has 0 N–H and O–H groups in total. The first kappa shape index (κ1) is 22.6. The highest BCUT2D eigenvalue weighted by Crippen LogP contribution is 2.43. The van der Waals surface area contributed by atoms with Gasteiger partial charge in [0.25, 0.3) is 0 Å². The molecule has 2 aromatic rings. The van der Waals surface area contributed by atoms with Crippen molar-refractivity contribution >= 4 is 5.97 Å². The van der Waals surface area contributed by atoms with Gasteiger partial charge >= 0.3 is 5.97 Å². The summed E-state index contributed by atoms with van der Waals surface area (Å²) in [5.41, 5.74) is 4.68. The number of methoxy groups -OCH3 is 4. The number of pyridine rings is 1. The summed E-state index contributed by atoms with van der Waals surface area (Å²) in [6.07, 6.45) is 0. The number of aromatic nitrogens is 1. The van der Waals surface area contributed by atoms with E-state index in [0.717, 1.165) is 11.1 Å². The molecule has 0 atom stereocenters. The van der Waals surface area contributed by atoms with Crippen molar-refractivity contribution in [2.75, 3.05) is 28.4 Å². The van der Waals surface area contributed by atoms with E-state index in [-0.39, 0.29) is 11.4 Å². The fraction of sp³-hybridized carbons (Fsp3) is 0.148. The maximum atomic E-state index is 12.5. The van der Waals surface area contributed by atoms with Gasteiger partial charge in [-0.3, -0.25) is 0 Å². The zero-order valence-corrected chi connectivity index (χ0v) is 19.2. The third-order valence-corrected chi connectivity index (χ3v) is 5.58. The molecular formula is C27H22N2O5. The van der Waals surface area contributed by atoms with Gasteiger partial charge in [-0.05, 0) is 41.5 Å². The topological polar surface area (TPSA) is 90.7 Å². The molecule has 0 saturated heterocycles. The number of nitriles is 1. The summed E-state index contributed by atoms with van der Waals surface area (Å²) in [6, 6.07) is 20.5. The first-order valence-electron chi connectivity index (χ1n) is 10.4. The quantitative estimate of drug-likeness (QED) is 0.370. The summed E-state index contributed by atoms with van der Waals surface area (Å²) in [7, 11) is 5.94. The van der Waals surface area contributed by atoms with E-state index in [0.29, 0.717) is 39.4 Å². The maximum absolute atomic E-state index is 12.5. The van der Waals surface area contributed by atoms with E-state index in [4.69, 9.17) is 18.9 Å². The van der Waals surface area contributed by atoms with Gasteiger partial charge in [0.15, 0.2) is 0 Å². The van der Waals surface area contributed by atoms with Gasteiger partial charge in [-0.2, -0.15) is 5.26 Å². The summed E-state index contributed by atoms with van der Waals surface area (Å²) in [5, 5.41) is 9.95. The predicted octanol–water partition coefficient (Wildman–Crippen LogP) is 5.20. The Morgan fingerprint density at radius 1 is 0.794 bits per heavy atom. The van der Waals surface area contributed by atoms with Crippen LogP contribution in [0.25, 0.3) is 33.5 Å². The molecule has 0 fully saturated rings. The third-order valence-electron chi connectivity index (χ3n) is 5.58. The molecule has 0 bridgehead atoms. The number of benzene rings is 1. The van der Waals surface area contributed by atoms with E-state index in [9.17, 15) is 10.1 Å². The smallest absolute Gasteiger partial charge is 0.338 e. The van der Waals surface area contributed by atoms with Crippen LogP contribution in [0, 0.1) is 11.3 Å². The molecule has 2 aliphatic carbocycles. The molecule has 0 amide bonds. The highest BCUT2D eigenvalue weighted by molar-refractivity contribution is 6.04. The van der Waals surface area contributed by atoms with Gasteiger partial charge in [0.2, 0.25) is 5.88 Å². The van der Waals surface area contributed by atoms with E-state index < -0.39 is 5.97 Å². The van der Waals surface area contributed by atoms with Crippen LogP contribution in [0.4, 0.5) is 0 Å². The van der Waals surface area contributed by atoms with Crippen LogP contribution in [-0.2, 0) is 4.74 Å². The molecule has 0 unspecified atom stereocenters. The third kappa shape index (κ3) is 3.86.